The fourth-order valence-corrected chi connectivity index (χ4v) is 2.53. The SMILES string of the molecule is CC(c1cccnc1)N(C)CC(O)Cc1ccc(C(F)(F)F)cc1. The zero-order valence-corrected chi connectivity index (χ0v) is 13.7. The fourth-order valence-electron chi connectivity index (χ4n) is 2.53. The molecular weight excluding hydrogens is 317 g/mol. The Kier molecular flexibility index (Phi) is 5.96. The quantitative estimate of drug-likeness (QED) is 0.872. The Balaban J connectivity index is 1.91. The number of alkyl halides is 3. The number of pyridine rings is 1. The lowest BCUT2D eigenvalue weighted by Crippen LogP contribution is -2.32. The summed E-state index contributed by atoms with van der Waals surface area (Å²) in [6.07, 6.45) is -1.21. The highest BCUT2D eigenvalue weighted by molar-refractivity contribution is 5.25. The lowest BCUT2D eigenvalue weighted by atomic mass is 10.0. The molecule has 3 nitrogen and oxygen atoms in total. The van der Waals surface area contributed by atoms with Gasteiger partial charge in [0.15, 0.2) is 0 Å². The minimum absolute atomic E-state index is 0.0842. The van der Waals surface area contributed by atoms with E-state index in [1.165, 1.54) is 12.1 Å². The summed E-state index contributed by atoms with van der Waals surface area (Å²) in [5.74, 6) is 0. The maximum atomic E-state index is 12.5. The number of nitrogens with zero attached hydrogens (tertiary/aromatic N) is 2. The molecule has 2 rings (SSSR count). The maximum absolute atomic E-state index is 12.5. The molecule has 0 spiro atoms. The number of hydrogen-bond acceptors (Lipinski definition) is 3. The van der Waals surface area contributed by atoms with Gasteiger partial charge in [0.2, 0.25) is 0 Å². The van der Waals surface area contributed by atoms with Crippen molar-refractivity contribution in [3.8, 4) is 0 Å². The van der Waals surface area contributed by atoms with Crippen molar-refractivity contribution in [1.82, 2.24) is 9.88 Å². The number of likely N-dealkylation sites (N-methyl/N-ethyl adjacent to an activating group) is 1. The van der Waals surface area contributed by atoms with E-state index in [1.54, 1.807) is 12.4 Å². The average Bonchev–Trinajstić information content (AvgIpc) is 2.54. The molecule has 1 aromatic carbocycles. The normalized spacial score (nSPS) is 14.6. The summed E-state index contributed by atoms with van der Waals surface area (Å²) in [6, 6.07) is 8.83. The van der Waals surface area contributed by atoms with E-state index in [0.29, 0.717) is 18.5 Å². The highest BCUT2D eigenvalue weighted by Gasteiger charge is 2.30. The molecule has 0 aliphatic heterocycles. The van der Waals surface area contributed by atoms with Gasteiger partial charge in [-0.2, -0.15) is 13.2 Å². The standard InChI is InChI=1S/C18H21F3N2O/c1-13(15-4-3-9-22-11-15)23(2)12-17(24)10-14-5-7-16(8-6-14)18(19,20)21/h3-9,11,13,17,24H,10,12H2,1-2H3. The number of hydrogen-bond donors (Lipinski definition) is 1. The van der Waals surface area contributed by atoms with Crippen molar-refractivity contribution in [2.45, 2.75) is 31.7 Å². The van der Waals surface area contributed by atoms with Crippen LogP contribution in [0.4, 0.5) is 13.2 Å². The molecule has 2 unspecified atom stereocenters. The Morgan fingerprint density at radius 2 is 1.83 bits per heavy atom. The van der Waals surface area contributed by atoms with Crippen molar-refractivity contribution in [3.05, 3.63) is 65.5 Å². The van der Waals surface area contributed by atoms with Crippen LogP contribution in [-0.4, -0.2) is 34.7 Å². The fraction of sp³-hybridized carbons (Fsp3) is 0.389. The molecule has 0 bridgehead atoms. The van der Waals surface area contributed by atoms with Gasteiger partial charge in [0.25, 0.3) is 0 Å². The van der Waals surface area contributed by atoms with Crippen molar-refractivity contribution in [2.75, 3.05) is 13.6 Å². The van der Waals surface area contributed by atoms with E-state index < -0.39 is 17.8 Å². The zero-order chi connectivity index (χ0) is 17.7. The number of rotatable bonds is 6. The molecule has 0 aliphatic rings. The highest BCUT2D eigenvalue weighted by atomic mass is 19.4. The average molecular weight is 338 g/mol. The van der Waals surface area contributed by atoms with E-state index in [-0.39, 0.29) is 6.04 Å². The summed E-state index contributed by atoms with van der Waals surface area (Å²) >= 11 is 0. The van der Waals surface area contributed by atoms with Crippen molar-refractivity contribution < 1.29 is 18.3 Å². The third kappa shape index (κ3) is 5.04. The van der Waals surface area contributed by atoms with Crippen LogP contribution in [0, 0.1) is 0 Å². The summed E-state index contributed by atoms with van der Waals surface area (Å²) < 4.78 is 37.6. The summed E-state index contributed by atoms with van der Waals surface area (Å²) in [4.78, 5) is 6.07. The molecule has 1 heterocycles. The van der Waals surface area contributed by atoms with E-state index in [9.17, 15) is 18.3 Å². The summed E-state index contributed by atoms with van der Waals surface area (Å²) in [6.45, 7) is 2.43. The van der Waals surface area contributed by atoms with Crippen LogP contribution >= 0.6 is 0 Å². The van der Waals surface area contributed by atoms with Crippen LogP contribution in [-0.2, 0) is 12.6 Å². The number of aliphatic hydroxyl groups is 1. The Morgan fingerprint density at radius 3 is 2.38 bits per heavy atom. The first-order chi connectivity index (χ1) is 11.3. The predicted molar refractivity (Wildman–Crippen MR) is 86.4 cm³/mol. The third-order valence-electron chi connectivity index (χ3n) is 4.08. The Labute approximate surface area is 139 Å². The van der Waals surface area contributed by atoms with Crippen LogP contribution in [0.3, 0.4) is 0 Å². The molecule has 0 fully saturated rings. The summed E-state index contributed by atoms with van der Waals surface area (Å²) in [5, 5.41) is 10.2. The Hall–Kier alpha value is -1.92. The van der Waals surface area contributed by atoms with Gasteiger partial charge >= 0.3 is 6.18 Å². The van der Waals surface area contributed by atoms with Gasteiger partial charge in [0.1, 0.15) is 0 Å². The lowest BCUT2D eigenvalue weighted by Gasteiger charge is -2.27. The lowest BCUT2D eigenvalue weighted by molar-refractivity contribution is -0.137. The minimum Gasteiger partial charge on any atom is -0.391 e. The molecule has 1 N–H and O–H groups in total. The van der Waals surface area contributed by atoms with E-state index in [4.69, 9.17) is 0 Å². The number of benzene rings is 1. The third-order valence-corrected chi connectivity index (χ3v) is 4.08. The second-order valence-corrected chi connectivity index (χ2v) is 5.95. The second-order valence-electron chi connectivity index (χ2n) is 5.95. The summed E-state index contributed by atoms with van der Waals surface area (Å²) in [5.41, 5.74) is 1.04. The van der Waals surface area contributed by atoms with Crippen LogP contribution in [0.15, 0.2) is 48.8 Å². The van der Waals surface area contributed by atoms with Crippen molar-refractivity contribution in [2.24, 2.45) is 0 Å². The molecule has 2 atom stereocenters. The summed E-state index contributed by atoms with van der Waals surface area (Å²) in [7, 11) is 1.90. The van der Waals surface area contributed by atoms with Gasteiger partial charge in [0, 0.05) is 25.0 Å². The van der Waals surface area contributed by atoms with Gasteiger partial charge in [-0.1, -0.05) is 18.2 Å². The molecule has 130 valence electrons. The van der Waals surface area contributed by atoms with Crippen LogP contribution in [0.2, 0.25) is 0 Å². The molecule has 0 saturated carbocycles. The largest absolute Gasteiger partial charge is 0.416 e. The smallest absolute Gasteiger partial charge is 0.391 e. The Morgan fingerprint density at radius 1 is 1.17 bits per heavy atom. The number of aromatic nitrogens is 1. The van der Waals surface area contributed by atoms with Crippen molar-refractivity contribution in [3.63, 3.8) is 0 Å². The molecule has 1 aromatic heterocycles. The number of aliphatic hydroxyl groups excluding tert-OH is 1. The van der Waals surface area contributed by atoms with Crippen LogP contribution < -0.4 is 0 Å². The second kappa shape index (κ2) is 7.77. The molecule has 6 heteroatoms. The van der Waals surface area contributed by atoms with E-state index in [1.807, 2.05) is 31.0 Å². The van der Waals surface area contributed by atoms with Crippen LogP contribution in [0.1, 0.15) is 29.7 Å². The van der Waals surface area contributed by atoms with Gasteiger partial charge in [-0.25, -0.2) is 0 Å². The van der Waals surface area contributed by atoms with Gasteiger partial charge < -0.3 is 5.11 Å². The van der Waals surface area contributed by atoms with Crippen LogP contribution in [0.5, 0.6) is 0 Å². The van der Waals surface area contributed by atoms with Gasteiger partial charge in [-0.15, -0.1) is 0 Å². The topological polar surface area (TPSA) is 36.4 Å². The van der Waals surface area contributed by atoms with Crippen molar-refractivity contribution >= 4 is 0 Å². The Bertz CT molecular complexity index is 629. The molecule has 0 radical (unpaired) electrons. The first-order valence-corrected chi connectivity index (χ1v) is 7.71. The van der Waals surface area contributed by atoms with Gasteiger partial charge in [0.05, 0.1) is 11.7 Å². The van der Waals surface area contributed by atoms with Crippen LogP contribution in [0.25, 0.3) is 0 Å². The number of halogens is 3. The minimum atomic E-state index is -4.34. The molecule has 2 aromatic rings. The molecule has 0 amide bonds. The first kappa shape index (κ1) is 18.4. The molecule has 0 saturated heterocycles. The molecular formula is C18H21F3N2O. The monoisotopic (exact) mass is 338 g/mol. The van der Waals surface area contributed by atoms with Gasteiger partial charge in [-0.3, -0.25) is 9.88 Å². The maximum Gasteiger partial charge on any atom is 0.416 e. The van der Waals surface area contributed by atoms with E-state index in [0.717, 1.165) is 17.7 Å². The zero-order valence-electron chi connectivity index (χ0n) is 13.7. The van der Waals surface area contributed by atoms with Gasteiger partial charge in [-0.05, 0) is 49.7 Å². The van der Waals surface area contributed by atoms with E-state index >= 15 is 0 Å². The first-order valence-electron chi connectivity index (χ1n) is 7.71. The van der Waals surface area contributed by atoms with Crippen molar-refractivity contribution in [1.29, 1.82) is 0 Å². The van der Waals surface area contributed by atoms with E-state index in [2.05, 4.69) is 4.98 Å². The molecule has 0 aliphatic carbocycles. The highest BCUT2D eigenvalue weighted by Crippen LogP contribution is 2.29. The predicted octanol–water partition coefficient (Wildman–Crippen LogP) is 3.70. The molecule has 24 heavy (non-hydrogen) atoms.